The fourth-order valence-corrected chi connectivity index (χ4v) is 4.92. The van der Waals surface area contributed by atoms with E-state index in [9.17, 15) is 18.0 Å². The van der Waals surface area contributed by atoms with Gasteiger partial charge in [0.2, 0.25) is 9.84 Å². The average molecular weight is 399 g/mol. The second-order valence-electron chi connectivity index (χ2n) is 5.82. The van der Waals surface area contributed by atoms with Gasteiger partial charge in [-0.25, -0.2) is 8.42 Å². The number of benzene rings is 2. The van der Waals surface area contributed by atoms with Gasteiger partial charge in [-0.2, -0.15) is 0 Å². The third-order valence-electron chi connectivity index (χ3n) is 4.11. The minimum atomic E-state index is -3.88. The number of amides is 2. The lowest BCUT2D eigenvalue weighted by Gasteiger charge is -2.10. The van der Waals surface area contributed by atoms with Gasteiger partial charge in [-0.3, -0.25) is 14.6 Å². The van der Waals surface area contributed by atoms with Crippen molar-refractivity contribution in [2.24, 2.45) is 0 Å². The second-order valence-corrected chi connectivity index (χ2v) is 8.67. The molecule has 0 aliphatic carbocycles. The van der Waals surface area contributed by atoms with E-state index < -0.39 is 15.7 Å². The number of hydrogen-bond acceptors (Lipinski definition) is 6. The van der Waals surface area contributed by atoms with Crippen molar-refractivity contribution in [3.8, 4) is 0 Å². The number of thiazole rings is 1. The molecule has 0 fully saturated rings. The van der Waals surface area contributed by atoms with Crippen molar-refractivity contribution in [1.29, 1.82) is 0 Å². The molecule has 7 nitrogen and oxygen atoms in total. The zero-order valence-corrected chi connectivity index (χ0v) is 15.4. The summed E-state index contributed by atoms with van der Waals surface area (Å²) in [6.45, 7) is 0.316. The van der Waals surface area contributed by atoms with Crippen LogP contribution in [0, 0.1) is 0 Å². The monoisotopic (exact) mass is 399 g/mol. The fraction of sp³-hybridized carbons (Fsp3) is 0.0556. The van der Waals surface area contributed by atoms with Crippen molar-refractivity contribution >= 4 is 38.7 Å². The summed E-state index contributed by atoms with van der Waals surface area (Å²) < 4.78 is 25.8. The molecule has 2 aromatic carbocycles. The Bertz CT molecular complexity index is 1160. The van der Waals surface area contributed by atoms with E-state index in [1.165, 1.54) is 41.7 Å². The van der Waals surface area contributed by atoms with Crippen LogP contribution in [0.3, 0.4) is 0 Å². The predicted molar refractivity (Wildman–Crippen MR) is 99.6 cm³/mol. The Morgan fingerprint density at radius 2 is 1.96 bits per heavy atom. The van der Waals surface area contributed by atoms with E-state index in [1.807, 2.05) is 0 Å². The number of fused-ring (bicyclic) bond motifs is 2. The number of anilines is 1. The van der Waals surface area contributed by atoms with Gasteiger partial charge in [0, 0.05) is 16.6 Å². The van der Waals surface area contributed by atoms with Crippen molar-refractivity contribution < 1.29 is 18.0 Å². The van der Waals surface area contributed by atoms with Gasteiger partial charge < -0.3 is 10.6 Å². The molecule has 2 amide bonds. The van der Waals surface area contributed by atoms with E-state index in [0.29, 0.717) is 6.54 Å². The number of rotatable bonds is 3. The highest BCUT2D eigenvalue weighted by Gasteiger charge is 2.31. The van der Waals surface area contributed by atoms with Gasteiger partial charge in [0.05, 0.1) is 33.1 Å². The van der Waals surface area contributed by atoms with Gasteiger partial charge in [-0.15, -0.1) is 11.3 Å². The minimum absolute atomic E-state index is 0.0418. The third kappa shape index (κ3) is 3.11. The summed E-state index contributed by atoms with van der Waals surface area (Å²) in [5, 5.41) is 5.34. The number of hydrogen-bond donors (Lipinski definition) is 2. The maximum atomic E-state index is 12.9. The van der Waals surface area contributed by atoms with E-state index in [0.717, 1.165) is 4.88 Å². The average Bonchev–Trinajstić information content (AvgIpc) is 3.17. The molecule has 2 N–H and O–H groups in total. The van der Waals surface area contributed by atoms with Crippen LogP contribution in [0.1, 0.15) is 25.6 Å². The smallest absolute Gasteiger partial charge is 0.257 e. The lowest BCUT2D eigenvalue weighted by molar-refractivity contribution is 0.0949. The summed E-state index contributed by atoms with van der Waals surface area (Å²) in [5.74, 6) is -0.908. The van der Waals surface area contributed by atoms with Gasteiger partial charge in [0.15, 0.2) is 0 Å². The molecular formula is C18H13N3O4S2. The van der Waals surface area contributed by atoms with Crippen LogP contribution >= 0.6 is 11.3 Å². The Morgan fingerprint density at radius 3 is 2.74 bits per heavy atom. The second kappa shape index (κ2) is 6.60. The number of sulfone groups is 1. The van der Waals surface area contributed by atoms with Crippen LogP contribution in [0.5, 0.6) is 0 Å². The Morgan fingerprint density at radius 1 is 1.15 bits per heavy atom. The number of nitrogens with one attached hydrogen (secondary N) is 2. The number of carbonyl (C=O) groups excluding carboxylic acids is 2. The molecule has 136 valence electrons. The van der Waals surface area contributed by atoms with Crippen LogP contribution in [0.25, 0.3) is 0 Å². The van der Waals surface area contributed by atoms with Crippen LogP contribution in [0.2, 0.25) is 0 Å². The largest absolute Gasteiger partial charge is 0.347 e. The van der Waals surface area contributed by atoms with Crippen LogP contribution in [-0.4, -0.2) is 25.2 Å². The molecule has 0 bridgehead atoms. The SMILES string of the molecule is O=C(NCc1cncs1)c1ccc2c(c1)NC(=O)c1ccccc1S2(=O)=O. The quantitative estimate of drug-likeness (QED) is 0.704. The van der Waals surface area contributed by atoms with E-state index in [1.54, 1.807) is 23.8 Å². The van der Waals surface area contributed by atoms with Crippen molar-refractivity contribution in [2.45, 2.75) is 16.3 Å². The molecule has 0 atom stereocenters. The normalized spacial score (nSPS) is 14.4. The molecule has 0 spiro atoms. The third-order valence-corrected chi connectivity index (χ3v) is 6.76. The standard InChI is InChI=1S/C18H13N3O4S2/c22-17(20-9-12-8-19-10-26-12)11-5-6-16-14(7-11)21-18(23)13-3-1-2-4-15(13)27(16,24)25/h1-8,10H,9H2,(H,20,22)(H,21,23). The lowest BCUT2D eigenvalue weighted by atomic mass is 10.1. The molecule has 4 rings (SSSR count). The molecule has 0 radical (unpaired) electrons. The maximum absolute atomic E-state index is 12.9. The summed E-state index contributed by atoms with van der Waals surface area (Å²) in [4.78, 5) is 29.6. The first-order valence-electron chi connectivity index (χ1n) is 7.92. The van der Waals surface area contributed by atoms with Gasteiger partial charge in [-0.05, 0) is 30.3 Å². The molecular weight excluding hydrogens is 386 g/mol. The first-order chi connectivity index (χ1) is 13.0. The van der Waals surface area contributed by atoms with Gasteiger partial charge >= 0.3 is 0 Å². The molecule has 0 unspecified atom stereocenters. The molecule has 1 aromatic heterocycles. The maximum Gasteiger partial charge on any atom is 0.257 e. The Kier molecular flexibility index (Phi) is 4.25. The zero-order chi connectivity index (χ0) is 19.0. The summed E-state index contributed by atoms with van der Waals surface area (Å²) in [6, 6.07) is 10.2. The Balaban J connectivity index is 1.69. The van der Waals surface area contributed by atoms with E-state index >= 15 is 0 Å². The number of aromatic nitrogens is 1. The topological polar surface area (TPSA) is 105 Å². The van der Waals surface area contributed by atoms with Crippen LogP contribution in [0.15, 0.2) is 64.0 Å². The minimum Gasteiger partial charge on any atom is -0.347 e. The molecule has 0 saturated carbocycles. The Labute approximate surface area is 159 Å². The first-order valence-corrected chi connectivity index (χ1v) is 10.3. The molecule has 9 heteroatoms. The summed E-state index contributed by atoms with van der Waals surface area (Å²) >= 11 is 1.42. The first kappa shape index (κ1) is 17.4. The molecule has 27 heavy (non-hydrogen) atoms. The van der Waals surface area contributed by atoms with Crippen molar-refractivity contribution in [1.82, 2.24) is 10.3 Å². The van der Waals surface area contributed by atoms with Crippen LogP contribution in [-0.2, 0) is 16.4 Å². The van der Waals surface area contributed by atoms with Gasteiger partial charge in [0.1, 0.15) is 0 Å². The predicted octanol–water partition coefficient (Wildman–Crippen LogP) is 2.47. The lowest BCUT2D eigenvalue weighted by Crippen LogP contribution is -2.22. The van der Waals surface area contributed by atoms with Crippen molar-refractivity contribution in [2.75, 3.05) is 5.32 Å². The molecule has 1 aliphatic heterocycles. The number of nitrogens with zero attached hydrogens (tertiary/aromatic N) is 1. The molecule has 2 heterocycles. The Hall–Kier alpha value is -3.04. The highest BCUT2D eigenvalue weighted by atomic mass is 32.2. The van der Waals surface area contributed by atoms with Crippen LogP contribution < -0.4 is 10.6 Å². The summed E-state index contributed by atoms with van der Waals surface area (Å²) in [7, 11) is -3.88. The molecule has 3 aromatic rings. The van der Waals surface area contributed by atoms with Crippen LogP contribution in [0.4, 0.5) is 5.69 Å². The van der Waals surface area contributed by atoms with Gasteiger partial charge in [0.25, 0.3) is 11.8 Å². The highest BCUT2D eigenvalue weighted by molar-refractivity contribution is 7.91. The van der Waals surface area contributed by atoms with E-state index in [4.69, 9.17) is 0 Å². The zero-order valence-electron chi connectivity index (χ0n) is 13.8. The summed E-state index contributed by atoms with van der Waals surface area (Å²) in [6.07, 6.45) is 1.66. The molecule has 0 saturated heterocycles. The van der Waals surface area contributed by atoms with Crippen molar-refractivity contribution in [3.63, 3.8) is 0 Å². The number of carbonyl (C=O) groups is 2. The summed E-state index contributed by atoms with van der Waals surface area (Å²) in [5.41, 5.74) is 2.08. The van der Waals surface area contributed by atoms with E-state index in [2.05, 4.69) is 15.6 Å². The van der Waals surface area contributed by atoms with E-state index in [-0.39, 0.29) is 32.5 Å². The van der Waals surface area contributed by atoms with Crippen molar-refractivity contribution in [3.05, 3.63) is 70.2 Å². The van der Waals surface area contributed by atoms with Gasteiger partial charge in [-0.1, -0.05) is 12.1 Å². The fourth-order valence-electron chi connectivity index (χ4n) is 2.80. The highest BCUT2D eigenvalue weighted by Crippen LogP contribution is 2.34. The molecule has 1 aliphatic rings.